The van der Waals surface area contributed by atoms with Crippen LogP contribution in [0.15, 0.2) is 0 Å². The van der Waals surface area contributed by atoms with Crippen molar-refractivity contribution in [2.75, 3.05) is 7.05 Å². The van der Waals surface area contributed by atoms with Crippen molar-refractivity contribution in [2.24, 2.45) is 0 Å². The van der Waals surface area contributed by atoms with E-state index in [2.05, 4.69) is 20.6 Å². The SMILES string of the molecule is CNCc1nn2c(C3CCCC3)nnc2s1. The fourth-order valence-corrected chi connectivity index (χ4v) is 3.19. The van der Waals surface area contributed by atoms with Gasteiger partial charge in [-0.25, -0.2) is 0 Å². The topological polar surface area (TPSA) is 55.1 Å². The van der Waals surface area contributed by atoms with Crippen molar-refractivity contribution in [2.45, 2.75) is 38.1 Å². The Morgan fingerprint density at radius 1 is 1.38 bits per heavy atom. The second-order valence-electron chi connectivity index (χ2n) is 4.26. The van der Waals surface area contributed by atoms with E-state index < -0.39 is 0 Å². The van der Waals surface area contributed by atoms with Crippen molar-refractivity contribution in [1.29, 1.82) is 0 Å². The maximum atomic E-state index is 4.55. The molecule has 0 aromatic carbocycles. The first kappa shape index (κ1) is 10.2. The van der Waals surface area contributed by atoms with Crippen LogP contribution >= 0.6 is 11.3 Å². The van der Waals surface area contributed by atoms with E-state index in [4.69, 9.17) is 0 Å². The van der Waals surface area contributed by atoms with E-state index in [9.17, 15) is 0 Å². The molecule has 0 amide bonds. The van der Waals surface area contributed by atoms with E-state index in [0.717, 1.165) is 22.3 Å². The van der Waals surface area contributed by atoms with Crippen LogP contribution in [0, 0.1) is 0 Å². The van der Waals surface area contributed by atoms with Crippen molar-refractivity contribution in [3.05, 3.63) is 10.8 Å². The average molecular weight is 237 g/mol. The van der Waals surface area contributed by atoms with Gasteiger partial charge in [-0.15, -0.1) is 10.2 Å². The Balaban J connectivity index is 1.97. The zero-order chi connectivity index (χ0) is 11.0. The summed E-state index contributed by atoms with van der Waals surface area (Å²) in [5, 5.41) is 17.2. The van der Waals surface area contributed by atoms with Crippen LogP contribution < -0.4 is 5.32 Å². The molecule has 16 heavy (non-hydrogen) atoms. The molecule has 1 N–H and O–H groups in total. The molecule has 2 aromatic heterocycles. The lowest BCUT2D eigenvalue weighted by Gasteiger charge is -2.03. The predicted molar refractivity (Wildman–Crippen MR) is 62.6 cm³/mol. The molecule has 5 nitrogen and oxygen atoms in total. The molecule has 0 saturated heterocycles. The van der Waals surface area contributed by atoms with E-state index in [1.165, 1.54) is 25.7 Å². The average Bonchev–Trinajstić information content (AvgIpc) is 2.90. The van der Waals surface area contributed by atoms with Crippen LogP contribution in [0.3, 0.4) is 0 Å². The van der Waals surface area contributed by atoms with Crippen molar-refractivity contribution in [3.63, 3.8) is 0 Å². The van der Waals surface area contributed by atoms with E-state index in [-0.39, 0.29) is 0 Å². The molecular formula is C10H15N5S. The first-order valence-corrected chi connectivity index (χ1v) is 6.56. The van der Waals surface area contributed by atoms with Crippen LogP contribution in [0.5, 0.6) is 0 Å². The molecule has 0 unspecified atom stereocenters. The number of hydrogen-bond acceptors (Lipinski definition) is 5. The summed E-state index contributed by atoms with van der Waals surface area (Å²) in [6.07, 6.45) is 5.10. The maximum Gasteiger partial charge on any atom is 0.234 e. The van der Waals surface area contributed by atoms with Crippen molar-refractivity contribution < 1.29 is 0 Å². The lowest BCUT2D eigenvalue weighted by atomic mass is 10.1. The molecular weight excluding hydrogens is 222 g/mol. The fraction of sp³-hybridized carbons (Fsp3) is 0.700. The second kappa shape index (κ2) is 4.10. The van der Waals surface area contributed by atoms with E-state index in [0.29, 0.717) is 5.92 Å². The molecule has 2 aromatic rings. The van der Waals surface area contributed by atoms with Gasteiger partial charge in [-0.2, -0.15) is 9.61 Å². The Bertz CT molecular complexity index is 482. The Morgan fingerprint density at radius 3 is 2.94 bits per heavy atom. The molecule has 1 aliphatic rings. The number of hydrogen-bond donors (Lipinski definition) is 1. The number of rotatable bonds is 3. The van der Waals surface area contributed by atoms with Crippen LogP contribution in [-0.4, -0.2) is 26.9 Å². The standard InChI is InChI=1S/C10H15N5S/c1-11-6-8-14-15-9(7-4-2-3-5-7)12-13-10(15)16-8/h7,11H,2-6H2,1H3. The minimum Gasteiger partial charge on any atom is -0.313 e. The van der Waals surface area contributed by atoms with Crippen molar-refractivity contribution in [1.82, 2.24) is 25.1 Å². The zero-order valence-corrected chi connectivity index (χ0v) is 10.1. The summed E-state index contributed by atoms with van der Waals surface area (Å²) in [4.78, 5) is 0.923. The van der Waals surface area contributed by atoms with Gasteiger partial charge in [0.25, 0.3) is 0 Å². The monoisotopic (exact) mass is 237 g/mol. The van der Waals surface area contributed by atoms with E-state index >= 15 is 0 Å². The first-order valence-electron chi connectivity index (χ1n) is 5.74. The predicted octanol–water partition coefficient (Wildman–Crippen LogP) is 1.56. The first-order chi connectivity index (χ1) is 7.88. The molecule has 0 spiro atoms. The summed E-state index contributed by atoms with van der Waals surface area (Å²) >= 11 is 1.62. The molecule has 1 saturated carbocycles. The molecule has 6 heteroatoms. The summed E-state index contributed by atoms with van der Waals surface area (Å²) in [7, 11) is 1.93. The number of nitrogens with zero attached hydrogens (tertiary/aromatic N) is 4. The van der Waals surface area contributed by atoms with Crippen molar-refractivity contribution in [3.8, 4) is 0 Å². The largest absolute Gasteiger partial charge is 0.313 e. The molecule has 2 heterocycles. The highest BCUT2D eigenvalue weighted by Gasteiger charge is 2.23. The van der Waals surface area contributed by atoms with Crippen LogP contribution in [0.25, 0.3) is 4.96 Å². The maximum absolute atomic E-state index is 4.55. The van der Waals surface area contributed by atoms with E-state index in [1.54, 1.807) is 11.3 Å². The highest BCUT2D eigenvalue weighted by atomic mass is 32.1. The van der Waals surface area contributed by atoms with Gasteiger partial charge in [0.1, 0.15) is 5.01 Å². The number of nitrogens with one attached hydrogen (secondary N) is 1. The third kappa shape index (κ3) is 1.62. The third-order valence-corrected chi connectivity index (χ3v) is 4.00. The molecule has 86 valence electrons. The van der Waals surface area contributed by atoms with Crippen LogP contribution in [-0.2, 0) is 6.54 Å². The normalized spacial score (nSPS) is 17.6. The molecule has 1 aliphatic carbocycles. The molecule has 1 fully saturated rings. The van der Waals surface area contributed by atoms with Gasteiger partial charge in [0.2, 0.25) is 4.96 Å². The van der Waals surface area contributed by atoms with Gasteiger partial charge in [-0.05, 0) is 19.9 Å². The lowest BCUT2D eigenvalue weighted by Crippen LogP contribution is -2.06. The summed E-state index contributed by atoms with van der Waals surface area (Å²) in [6.45, 7) is 0.804. The fourth-order valence-electron chi connectivity index (χ4n) is 2.33. The summed E-state index contributed by atoms with van der Waals surface area (Å²) in [5.41, 5.74) is 0. The Hall–Kier alpha value is -1.01. The van der Waals surface area contributed by atoms with Gasteiger partial charge < -0.3 is 5.32 Å². The second-order valence-corrected chi connectivity index (χ2v) is 5.30. The van der Waals surface area contributed by atoms with Gasteiger partial charge >= 0.3 is 0 Å². The molecule has 3 rings (SSSR count). The minimum atomic E-state index is 0.569. The Morgan fingerprint density at radius 2 is 2.19 bits per heavy atom. The summed E-state index contributed by atoms with van der Waals surface area (Å²) < 4.78 is 1.94. The highest BCUT2D eigenvalue weighted by molar-refractivity contribution is 7.16. The lowest BCUT2D eigenvalue weighted by molar-refractivity contribution is 0.635. The smallest absolute Gasteiger partial charge is 0.234 e. The summed E-state index contributed by atoms with van der Waals surface area (Å²) in [6, 6.07) is 0. The number of aromatic nitrogens is 4. The van der Waals surface area contributed by atoms with Gasteiger partial charge in [0.05, 0.1) is 0 Å². The van der Waals surface area contributed by atoms with Gasteiger partial charge in [-0.1, -0.05) is 24.2 Å². The van der Waals surface area contributed by atoms with Crippen LogP contribution in [0.4, 0.5) is 0 Å². The minimum absolute atomic E-state index is 0.569. The van der Waals surface area contributed by atoms with Crippen LogP contribution in [0.2, 0.25) is 0 Å². The Kier molecular flexibility index (Phi) is 2.61. The molecule has 0 radical (unpaired) electrons. The zero-order valence-electron chi connectivity index (χ0n) is 9.31. The third-order valence-electron chi connectivity index (χ3n) is 3.11. The number of fused-ring (bicyclic) bond motifs is 1. The summed E-state index contributed by atoms with van der Waals surface area (Å²) in [5.74, 6) is 1.63. The van der Waals surface area contributed by atoms with Crippen LogP contribution in [0.1, 0.15) is 42.4 Å². The van der Waals surface area contributed by atoms with Crippen molar-refractivity contribution >= 4 is 16.3 Å². The Labute approximate surface area is 97.9 Å². The van der Waals surface area contributed by atoms with E-state index in [1.807, 2.05) is 11.6 Å². The molecule has 0 atom stereocenters. The van der Waals surface area contributed by atoms with Gasteiger partial charge in [0.15, 0.2) is 5.82 Å². The highest BCUT2D eigenvalue weighted by Crippen LogP contribution is 2.33. The molecule has 0 bridgehead atoms. The quantitative estimate of drug-likeness (QED) is 0.880. The van der Waals surface area contributed by atoms with Gasteiger partial charge in [-0.3, -0.25) is 0 Å². The van der Waals surface area contributed by atoms with Gasteiger partial charge in [0, 0.05) is 12.5 Å². The molecule has 0 aliphatic heterocycles.